The molecule has 0 saturated carbocycles. The molecule has 0 saturated heterocycles. The topological polar surface area (TPSA) is 18.5 Å². The average molecular weight is 246 g/mol. The number of hydrogen-bond acceptors (Lipinski definition) is 3. The van der Waals surface area contributed by atoms with Crippen molar-refractivity contribution in [3.05, 3.63) is 66.2 Å². The zero-order valence-electron chi connectivity index (χ0n) is 9.18. The van der Waals surface area contributed by atoms with Gasteiger partial charge in [0, 0.05) is 35.9 Å². The summed E-state index contributed by atoms with van der Waals surface area (Å²) in [6.45, 7) is 0.717. The summed E-state index contributed by atoms with van der Waals surface area (Å²) in [5.74, 6) is 0. The molecule has 0 spiro atoms. The molecule has 0 atom stereocenters. The molecule has 0 aliphatic carbocycles. The van der Waals surface area contributed by atoms with Crippen molar-refractivity contribution in [3.63, 3.8) is 0 Å². The summed E-state index contributed by atoms with van der Waals surface area (Å²) in [4.78, 5) is 0. The summed E-state index contributed by atoms with van der Waals surface area (Å²) in [6.07, 6.45) is 7.93. The summed E-state index contributed by atoms with van der Waals surface area (Å²) in [7, 11) is 0. The Morgan fingerprint density at radius 3 is 2.82 bits per heavy atom. The first kappa shape index (κ1) is 10.3. The molecule has 0 aromatic heterocycles. The predicted octanol–water partition coefficient (Wildman–Crippen LogP) is 2.76. The van der Waals surface area contributed by atoms with Crippen molar-refractivity contribution in [1.82, 2.24) is 9.84 Å². The standard InChI is InChI=1S/C13H12ClN3/c14-16-7-6-11-8-15-17(10-12(11)9-16)13-4-2-1-3-5-13/h1-8,10,15H,9H2. The van der Waals surface area contributed by atoms with Crippen LogP contribution in [0.1, 0.15) is 0 Å². The van der Waals surface area contributed by atoms with Gasteiger partial charge in [-0.3, -0.25) is 9.43 Å². The number of rotatable bonds is 1. The molecule has 0 unspecified atom stereocenters. The number of nitrogens with zero attached hydrogens (tertiary/aromatic N) is 2. The minimum atomic E-state index is 0.717. The maximum Gasteiger partial charge on any atom is 0.0623 e. The third-order valence-corrected chi connectivity index (χ3v) is 3.02. The van der Waals surface area contributed by atoms with Crippen LogP contribution in [0.2, 0.25) is 0 Å². The molecule has 2 aliphatic rings. The van der Waals surface area contributed by atoms with Crippen LogP contribution >= 0.6 is 11.8 Å². The number of benzene rings is 1. The summed E-state index contributed by atoms with van der Waals surface area (Å²) in [5, 5.41) is 1.99. The number of anilines is 1. The fraction of sp³-hybridized carbons (Fsp3) is 0.0769. The van der Waals surface area contributed by atoms with E-state index in [1.807, 2.05) is 41.7 Å². The molecule has 1 N–H and O–H groups in total. The van der Waals surface area contributed by atoms with Crippen LogP contribution in [0.5, 0.6) is 0 Å². The van der Waals surface area contributed by atoms with Gasteiger partial charge in [0.2, 0.25) is 0 Å². The molecule has 1 aromatic carbocycles. The molecule has 3 nitrogen and oxygen atoms in total. The van der Waals surface area contributed by atoms with Gasteiger partial charge in [0.05, 0.1) is 12.2 Å². The smallest absolute Gasteiger partial charge is 0.0623 e. The highest BCUT2D eigenvalue weighted by atomic mass is 35.5. The van der Waals surface area contributed by atoms with E-state index in [0.29, 0.717) is 0 Å². The van der Waals surface area contributed by atoms with Gasteiger partial charge in [-0.2, -0.15) is 0 Å². The summed E-state index contributed by atoms with van der Waals surface area (Å²) < 4.78 is 1.65. The average Bonchev–Trinajstić information content (AvgIpc) is 2.39. The van der Waals surface area contributed by atoms with E-state index in [2.05, 4.69) is 23.8 Å². The maximum absolute atomic E-state index is 5.97. The first-order chi connectivity index (χ1) is 8.33. The second-order valence-corrected chi connectivity index (χ2v) is 4.40. The van der Waals surface area contributed by atoms with Crippen LogP contribution in [0.15, 0.2) is 66.2 Å². The Bertz CT molecular complexity index is 505. The van der Waals surface area contributed by atoms with Crippen LogP contribution in [0.25, 0.3) is 0 Å². The first-order valence-electron chi connectivity index (χ1n) is 5.45. The SMILES string of the molecule is ClN1C=CC2=CNN(c3ccccc3)C=C2C1. The molecule has 1 aromatic rings. The number of hydrogen-bond donors (Lipinski definition) is 1. The van der Waals surface area contributed by atoms with Crippen molar-refractivity contribution in [2.75, 3.05) is 11.6 Å². The lowest BCUT2D eigenvalue weighted by molar-refractivity contribution is 0.637. The molecule has 2 heterocycles. The number of hydrazine groups is 1. The minimum absolute atomic E-state index is 0.717. The largest absolute Gasteiger partial charge is 0.301 e. The molecule has 4 heteroatoms. The Hall–Kier alpha value is -1.87. The van der Waals surface area contributed by atoms with Crippen LogP contribution in [-0.4, -0.2) is 11.0 Å². The van der Waals surface area contributed by atoms with Gasteiger partial charge in [-0.15, -0.1) is 0 Å². The van der Waals surface area contributed by atoms with E-state index in [-0.39, 0.29) is 0 Å². The number of halogens is 1. The van der Waals surface area contributed by atoms with Crippen molar-refractivity contribution >= 4 is 17.5 Å². The predicted molar refractivity (Wildman–Crippen MR) is 69.9 cm³/mol. The van der Waals surface area contributed by atoms with Crippen LogP contribution in [0.3, 0.4) is 0 Å². The van der Waals surface area contributed by atoms with E-state index in [0.717, 1.165) is 12.2 Å². The molecule has 86 valence electrons. The lowest BCUT2D eigenvalue weighted by Crippen LogP contribution is -2.34. The molecular formula is C13H12ClN3. The Morgan fingerprint density at radius 2 is 2.00 bits per heavy atom. The van der Waals surface area contributed by atoms with E-state index >= 15 is 0 Å². The normalized spacial score (nSPS) is 18.2. The Labute approximate surface area is 105 Å². The monoisotopic (exact) mass is 245 g/mol. The quantitative estimate of drug-likeness (QED) is 0.768. The Morgan fingerprint density at radius 1 is 1.18 bits per heavy atom. The highest BCUT2D eigenvalue weighted by Crippen LogP contribution is 2.25. The minimum Gasteiger partial charge on any atom is -0.301 e. The molecule has 0 bridgehead atoms. The van der Waals surface area contributed by atoms with E-state index in [4.69, 9.17) is 11.8 Å². The van der Waals surface area contributed by atoms with Gasteiger partial charge in [-0.1, -0.05) is 18.2 Å². The zero-order chi connectivity index (χ0) is 11.7. The van der Waals surface area contributed by atoms with Gasteiger partial charge >= 0.3 is 0 Å². The van der Waals surface area contributed by atoms with Crippen molar-refractivity contribution < 1.29 is 0 Å². The van der Waals surface area contributed by atoms with E-state index < -0.39 is 0 Å². The molecule has 0 fully saturated rings. The van der Waals surface area contributed by atoms with E-state index in [1.54, 1.807) is 4.42 Å². The molecule has 0 amide bonds. The number of para-hydroxylation sites is 1. The lowest BCUT2D eigenvalue weighted by atomic mass is 10.0. The first-order valence-corrected chi connectivity index (χ1v) is 5.79. The third-order valence-electron chi connectivity index (χ3n) is 2.79. The van der Waals surface area contributed by atoms with Crippen molar-refractivity contribution in [3.8, 4) is 0 Å². The second kappa shape index (κ2) is 4.18. The van der Waals surface area contributed by atoms with Gasteiger partial charge in [0.25, 0.3) is 0 Å². The molecule has 17 heavy (non-hydrogen) atoms. The van der Waals surface area contributed by atoms with Gasteiger partial charge in [0.15, 0.2) is 0 Å². The fourth-order valence-corrected chi connectivity index (χ4v) is 2.09. The van der Waals surface area contributed by atoms with Gasteiger partial charge in [-0.25, -0.2) is 0 Å². The van der Waals surface area contributed by atoms with Gasteiger partial charge in [0.1, 0.15) is 0 Å². The molecule has 0 radical (unpaired) electrons. The summed E-state index contributed by atoms with van der Waals surface area (Å²) in [5.41, 5.74) is 6.71. The van der Waals surface area contributed by atoms with Gasteiger partial charge in [-0.05, 0) is 23.8 Å². The van der Waals surface area contributed by atoms with Crippen LogP contribution in [-0.2, 0) is 0 Å². The number of allylic oxidation sites excluding steroid dienone is 1. The number of fused-ring (bicyclic) bond motifs is 1. The third kappa shape index (κ3) is 2.01. The van der Waals surface area contributed by atoms with Crippen molar-refractivity contribution in [2.45, 2.75) is 0 Å². The summed E-state index contributed by atoms with van der Waals surface area (Å²) in [6, 6.07) is 10.2. The zero-order valence-corrected chi connectivity index (χ0v) is 9.93. The highest BCUT2D eigenvalue weighted by Gasteiger charge is 2.17. The lowest BCUT2D eigenvalue weighted by Gasteiger charge is -2.30. The Balaban J connectivity index is 1.90. The van der Waals surface area contributed by atoms with Crippen LogP contribution in [0, 0.1) is 0 Å². The maximum atomic E-state index is 5.97. The summed E-state index contributed by atoms with van der Waals surface area (Å²) >= 11 is 5.97. The fourth-order valence-electron chi connectivity index (χ4n) is 1.90. The van der Waals surface area contributed by atoms with Gasteiger partial charge < -0.3 is 5.43 Å². The Kier molecular flexibility index (Phi) is 2.53. The molecular weight excluding hydrogens is 234 g/mol. The second-order valence-electron chi connectivity index (χ2n) is 3.96. The highest BCUT2D eigenvalue weighted by molar-refractivity contribution is 6.14. The molecule has 3 rings (SSSR count). The number of nitrogens with one attached hydrogen (secondary N) is 1. The van der Waals surface area contributed by atoms with E-state index in [9.17, 15) is 0 Å². The van der Waals surface area contributed by atoms with Crippen LogP contribution in [0.4, 0.5) is 5.69 Å². The van der Waals surface area contributed by atoms with Crippen LogP contribution < -0.4 is 10.4 Å². The molecule has 2 aliphatic heterocycles. The van der Waals surface area contributed by atoms with E-state index in [1.165, 1.54) is 11.1 Å². The van der Waals surface area contributed by atoms with Crippen molar-refractivity contribution in [2.24, 2.45) is 0 Å². The van der Waals surface area contributed by atoms with Crippen molar-refractivity contribution in [1.29, 1.82) is 0 Å².